The molecule has 0 saturated carbocycles. The quantitative estimate of drug-likeness (QED) is 0.686. The first-order valence-corrected chi connectivity index (χ1v) is 8.91. The molecule has 126 valence electrons. The van der Waals surface area contributed by atoms with Crippen LogP contribution in [-0.2, 0) is 6.54 Å². The first-order chi connectivity index (χ1) is 11.1. The topological polar surface area (TPSA) is 43.4 Å². The van der Waals surface area contributed by atoms with E-state index in [1.165, 1.54) is 10.4 Å². The number of thiazole rings is 1. The van der Waals surface area contributed by atoms with Gasteiger partial charge in [0.1, 0.15) is 0 Å². The van der Waals surface area contributed by atoms with Crippen molar-refractivity contribution in [3.05, 3.63) is 39.8 Å². The van der Waals surface area contributed by atoms with Crippen molar-refractivity contribution in [2.24, 2.45) is 0 Å². The number of ether oxygens (including phenoxy) is 2. The summed E-state index contributed by atoms with van der Waals surface area (Å²) >= 11 is 1.73. The highest BCUT2D eigenvalue weighted by Gasteiger charge is 2.11. The van der Waals surface area contributed by atoms with Gasteiger partial charge in [-0.05, 0) is 38.0 Å². The third-order valence-electron chi connectivity index (χ3n) is 3.69. The number of methoxy groups -OCH3 is 1. The van der Waals surface area contributed by atoms with Crippen LogP contribution in [0, 0.1) is 6.92 Å². The van der Waals surface area contributed by atoms with Crippen molar-refractivity contribution in [1.82, 2.24) is 10.3 Å². The van der Waals surface area contributed by atoms with Crippen molar-refractivity contribution >= 4 is 11.3 Å². The molecule has 2 aromatic rings. The summed E-state index contributed by atoms with van der Waals surface area (Å²) in [7, 11) is 1.68. The van der Waals surface area contributed by atoms with Crippen LogP contribution in [0.3, 0.4) is 0 Å². The summed E-state index contributed by atoms with van der Waals surface area (Å²) in [6.07, 6.45) is 4.11. The second kappa shape index (κ2) is 8.89. The van der Waals surface area contributed by atoms with Gasteiger partial charge in [0.05, 0.1) is 18.7 Å². The lowest BCUT2D eigenvalue weighted by Crippen LogP contribution is -2.17. The first kappa shape index (κ1) is 17.8. The number of hydrogen-bond donors (Lipinski definition) is 1. The first-order valence-electron chi connectivity index (χ1n) is 8.09. The molecule has 0 radical (unpaired) electrons. The number of benzene rings is 1. The Labute approximate surface area is 142 Å². The lowest BCUT2D eigenvalue weighted by molar-refractivity contribution is 0.288. The third kappa shape index (κ3) is 5.22. The van der Waals surface area contributed by atoms with Crippen LogP contribution in [0.1, 0.15) is 48.2 Å². The van der Waals surface area contributed by atoms with Crippen LogP contribution < -0.4 is 14.8 Å². The molecular formula is C18H26N2O2S. The van der Waals surface area contributed by atoms with Gasteiger partial charge in [0.2, 0.25) is 0 Å². The van der Waals surface area contributed by atoms with Gasteiger partial charge in [-0.15, -0.1) is 11.3 Å². The molecule has 1 heterocycles. The molecule has 1 atom stereocenters. The lowest BCUT2D eigenvalue weighted by atomic mass is 10.1. The van der Waals surface area contributed by atoms with E-state index in [1.54, 1.807) is 18.4 Å². The number of rotatable bonds is 9. The Bertz CT molecular complexity index is 613. The van der Waals surface area contributed by atoms with Crippen molar-refractivity contribution in [2.45, 2.75) is 46.2 Å². The molecule has 1 N–H and O–H groups in total. The van der Waals surface area contributed by atoms with Gasteiger partial charge in [-0.3, -0.25) is 0 Å². The summed E-state index contributed by atoms with van der Waals surface area (Å²) < 4.78 is 11.3. The third-order valence-corrected chi connectivity index (χ3v) is 4.61. The molecule has 1 unspecified atom stereocenters. The Morgan fingerprint density at radius 3 is 2.78 bits per heavy atom. The van der Waals surface area contributed by atoms with E-state index in [1.807, 2.05) is 19.2 Å². The Kier molecular flexibility index (Phi) is 6.86. The predicted octanol–water partition coefficient (Wildman–Crippen LogP) is 4.49. The van der Waals surface area contributed by atoms with E-state index >= 15 is 0 Å². The number of hydrogen-bond acceptors (Lipinski definition) is 5. The average molecular weight is 334 g/mol. The Morgan fingerprint density at radius 1 is 1.30 bits per heavy atom. The van der Waals surface area contributed by atoms with Gasteiger partial charge in [0.15, 0.2) is 11.5 Å². The molecule has 0 amide bonds. The zero-order chi connectivity index (χ0) is 16.7. The minimum atomic E-state index is 0.232. The standard InChI is InChI=1S/C18H26N2O2S/c1-5-6-9-22-17-8-7-15(10-18(17)21-4)13(2)19-11-16-12-20-14(3)23-16/h7-8,10,12-13,19H,5-6,9,11H2,1-4H3. The van der Waals surface area contributed by atoms with Crippen LogP contribution in [0.25, 0.3) is 0 Å². The normalized spacial score (nSPS) is 12.2. The number of nitrogens with zero attached hydrogens (tertiary/aromatic N) is 1. The van der Waals surface area contributed by atoms with Crippen molar-refractivity contribution in [3.63, 3.8) is 0 Å². The van der Waals surface area contributed by atoms with Crippen LogP contribution in [0.4, 0.5) is 0 Å². The Morgan fingerprint density at radius 2 is 2.13 bits per heavy atom. The highest BCUT2D eigenvalue weighted by atomic mass is 32.1. The van der Waals surface area contributed by atoms with Gasteiger partial charge in [0, 0.05) is 23.7 Å². The fourth-order valence-electron chi connectivity index (χ4n) is 2.26. The smallest absolute Gasteiger partial charge is 0.161 e. The summed E-state index contributed by atoms with van der Waals surface area (Å²) in [5, 5.41) is 4.63. The number of unbranched alkanes of at least 4 members (excludes halogenated alkanes) is 1. The molecular weight excluding hydrogens is 308 g/mol. The second-order valence-electron chi connectivity index (χ2n) is 5.56. The molecule has 0 aliphatic carbocycles. The molecule has 0 bridgehead atoms. The molecule has 5 heteroatoms. The number of nitrogens with one attached hydrogen (secondary N) is 1. The van der Waals surface area contributed by atoms with E-state index in [-0.39, 0.29) is 6.04 Å². The maximum absolute atomic E-state index is 5.78. The summed E-state index contributed by atoms with van der Waals surface area (Å²) in [4.78, 5) is 5.53. The Balaban J connectivity index is 1.97. The summed E-state index contributed by atoms with van der Waals surface area (Å²) in [5.74, 6) is 1.61. The van der Waals surface area contributed by atoms with Crippen LogP contribution in [0.15, 0.2) is 24.4 Å². The SMILES string of the molecule is CCCCOc1ccc(C(C)NCc2cnc(C)s2)cc1OC. The van der Waals surface area contributed by atoms with E-state index in [2.05, 4.69) is 36.3 Å². The average Bonchev–Trinajstić information content (AvgIpc) is 2.98. The van der Waals surface area contributed by atoms with E-state index in [0.717, 1.165) is 42.5 Å². The highest BCUT2D eigenvalue weighted by Crippen LogP contribution is 2.30. The van der Waals surface area contributed by atoms with Crippen LogP contribution in [-0.4, -0.2) is 18.7 Å². The molecule has 0 spiro atoms. The minimum absolute atomic E-state index is 0.232. The summed E-state index contributed by atoms with van der Waals surface area (Å²) in [5.41, 5.74) is 1.19. The lowest BCUT2D eigenvalue weighted by Gasteiger charge is -2.17. The zero-order valence-corrected chi connectivity index (χ0v) is 15.2. The summed E-state index contributed by atoms with van der Waals surface area (Å²) in [6, 6.07) is 6.38. The van der Waals surface area contributed by atoms with Crippen LogP contribution in [0.5, 0.6) is 11.5 Å². The maximum atomic E-state index is 5.78. The van der Waals surface area contributed by atoms with E-state index in [9.17, 15) is 0 Å². The largest absolute Gasteiger partial charge is 0.493 e. The molecule has 4 nitrogen and oxygen atoms in total. The molecule has 2 rings (SSSR count). The van der Waals surface area contributed by atoms with Gasteiger partial charge in [-0.25, -0.2) is 4.98 Å². The van der Waals surface area contributed by atoms with Crippen LogP contribution >= 0.6 is 11.3 Å². The second-order valence-corrected chi connectivity index (χ2v) is 6.88. The maximum Gasteiger partial charge on any atom is 0.161 e. The van der Waals surface area contributed by atoms with Gasteiger partial charge in [0.25, 0.3) is 0 Å². The van der Waals surface area contributed by atoms with Crippen molar-refractivity contribution in [1.29, 1.82) is 0 Å². The highest BCUT2D eigenvalue weighted by molar-refractivity contribution is 7.11. The Hall–Kier alpha value is -1.59. The monoisotopic (exact) mass is 334 g/mol. The fraction of sp³-hybridized carbons (Fsp3) is 0.500. The van der Waals surface area contributed by atoms with E-state index in [4.69, 9.17) is 9.47 Å². The molecule has 1 aromatic carbocycles. The van der Waals surface area contributed by atoms with Crippen molar-refractivity contribution in [2.75, 3.05) is 13.7 Å². The van der Waals surface area contributed by atoms with Gasteiger partial charge in [-0.2, -0.15) is 0 Å². The van der Waals surface area contributed by atoms with Crippen molar-refractivity contribution < 1.29 is 9.47 Å². The molecule has 23 heavy (non-hydrogen) atoms. The number of aryl methyl sites for hydroxylation is 1. The molecule has 1 aromatic heterocycles. The van der Waals surface area contributed by atoms with Gasteiger partial charge >= 0.3 is 0 Å². The van der Waals surface area contributed by atoms with Crippen LogP contribution in [0.2, 0.25) is 0 Å². The molecule has 0 aliphatic heterocycles. The van der Waals surface area contributed by atoms with Crippen molar-refractivity contribution in [3.8, 4) is 11.5 Å². The minimum Gasteiger partial charge on any atom is -0.493 e. The number of aromatic nitrogens is 1. The molecule has 0 fully saturated rings. The predicted molar refractivity (Wildman–Crippen MR) is 95.5 cm³/mol. The fourth-order valence-corrected chi connectivity index (χ4v) is 3.00. The van der Waals surface area contributed by atoms with E-state index < -0.39 is 0 Å². The van der Waals surface area contributed by atoms with Gasteiger partial charge < -0.3 is 14.8 Å². The van der Waals surface area contributed by atoms with E-state index in [0.29, 0.717) is 0 Å². The molecule has 0 saturated heterocycles. The van der Waals surface area contributed by atoms with Gasteiger partial charge in [-0.1, -0.05) is 19.4 Å². The zero-order valence-electron chi connectivity index (χ0n) is 14.4. The summed E-state index contributed by atoms with van der Waals surface area (Å²) in [6.45, 7) is 7.89. The molecule has 0 aliphatic rings.